The number of halogens is 1. The van der Waals surface area contributed by atoms with Gasteiger partial charge in [-0.2, -0.15) is 0 Å². The summed E-state index contributed by atoms with van der Waals surface area (Å²) in [6.07, 6.45) is 1.73. The van der Waals surface area contributed by atoms with Crippen molar-refractivity contribution >= 4 is 5.69 Å². The summed E-state index contributed by atoms with van der Waals surface area (Å²) in [6.45, 7) is 0.540. The first kappa shape index (κ1) is 12.4. The second-order valence-electron chi connectivity index (χ2n) is 4.34. The molecule has 1 aromatic carbocycles. The van der Waals surface area contributed by atoms with Crippen molar-refractivity contribution in [3.8, 4) is 11.5 Å². The first-order chi connectivity index (χ1) is 9.81. The van der Waals surface area contributed by atoms with Gasteiger partial charge in [0.1, 0.15) is 17.3 Å². The fraction of sp³-hybridized carbons (Fsp3) is 0.0625. The van der Waals surface area contributed by atoms with Gasteiger partial charge in [-0.25, -0.2) is 4.39 Å². The summed E-state index contributed by atoms with van der Waals surface area (Å²) in [6, 6.07) is 15.7. The Morgan fingerprint density at radius 1 is 1.00 bits per heavy atom. The third-order valence-electron chi connectivity index (χ3n) is 2.89. The van der Waals surface area contributed by atoms with E-state index >= 15 is 0 Å². The Kier molecular flexibility index (Phi) is 3.46. The molecule has 0 spiro atoms. The molecule has 100 valence electrons. The molecule has 20 heavy (non-hydrogen) atoms. The Labute approximate surface area is 116 Å². The van der Waals surface area contributed by atoms with E-state index in [9.17, 15) is 4.39 Å². The Hall–Kier alpha value is -2.62. The highest BCUT2D eigenvalue weighted by atomic mass is 19.1. The van der Waals surface area contributed by atoms with E-state index in [1.165, 1.54) is 12.1 Å². The summed E-state index contributed by atoms with van der Waals surface area (Å²) in [5.74, 6) is 1.29. The first-order valence-corrected chi connectivity index (χ1v) is 6.31. The highest BCUT2D eigenvalue weighted by Crippen LogP contribution is 2.20. The van der Waals surface area contributed by atoms with E-state index in [4.69, 9.17) is 4.42 Å². The van der Waals surface area contributed by atoms with E-state index < -0.39 is 0 Å². The van der Waals surface area contributed by atoms with Crippen LogP contribution in [0.2, 0.25) is 0 Å². The molecular formula is C16H13FN2O. The zero-order chi connectivity index (χ0) is 13.8. The quantitative estimate of drug-likeness (QED) is 0.774. The van der Waals surface area contributed by atoms with E-state index in [2.05, 4.69) is 10.3 Å². The molecule has 0 saturated carbocycles. The van der Waals surface area contributed by atoms with Crippen LogP contribution in [0.25, 0.3) is 11.5 Å². The molecule has 0 aliphatic carbocycles. The van der Waals surface area contributed by atoms with Crippen LogP contribution < -0.4 is 5.32 Å². The summed E-state index contributed by atoms with van der Waals surface area (Å²) in [7, 11) is 0. The van der Waals surface area contributed by atoms with E-state index in [0.717, 1.165) is 22.9 Å². The molecular weight excluding hydrogens is 255 g/mol. The molecule has 1 N–H and O–H groups in total. The fourth-order valence-electron chi connectivity index (χ4n) is 1.88. The lowest BCUT2D eigenvalue weighted by Gasteiger charge is -2.03. The Morgan fingerprint density at radius 3 is 2.60 bits per heavy atom. The second kappa shape index (κ2) is 5.57. The number of pyridine rings is 1. The topological polar surface area (TPSA) is 38.1 Å². The predicted octanol–water partition coefficient (Wildman–Crippen LogP) is 4.09. The zero-order valence-electron chi connectivity index (χ0n) is 10.7. The lowest BCUT2D eigenvalue weighted by atomic mass is 10.3. The molecule has 0 radical (unpaired) electrons. The molecule has 0 atom stereocenters. The van der Waals surface area contributed by atoms with Crippen LogP contribution in [0.1, 0.15) is 5.76 Å². The van der Waals surface area contributed by atoms with Crippen LogP contribution in [0, 0.1) is 5.82 Å². The summed E-state index contributed by atoms with van der Waals surface area (Å²) < 4.78 is 18.5. The van der Waals surface area contributed by atoms with Crippen molar-refractivity contribution in [1.82, 2.24) is 4.98 Å². The second-order valence-corrected chi connectivity index (χ2v) is 4.34. The van der Waals surface area contributed by atoms with Crippen molar-refractivity contribution in [2.75, 3.05) is 5.32 Å². The highest BCUT2D eigenvalue weighted by Gasteiger charge is 2.05. The van der Waals surface area contributed by atoms with Crippen molar-refractivity contribution < 1.29 is 8.81 Å². The van der Waals surface area contributed by atoms with E-state index in [1.54, 1.807) is 18.3 Å². The summed E-state index contributed by atoms with van der Waals surface area (Å²) in [5.41, 5.74) is 1.66. The number of anilines is 1. The average Bonchev–Trinajstić information content (AvgIpc) is 2.97. The largest absolute Gasteiger partial charge is 0.458 e. The van der Waals surface area contributed by atoms with E-state index in [1.807, 2.05) is 30.3 Å². The standard InChI is InChI=1S/C16H13FN2O/c17-12-4-6-13(7-5-12)19-11-14-8-9-16(20-14)15-3-1-2-10-18-15/h1-10,19H,11H2. The number of hydrogen-bond donors (Lipinski definition) is 1. The van der Waals surface area contributed by atoms with Crippen LogP contribution >= 0.6 is 0 Å². The van der Waals surface area contributed by atoms with Crippen LogP contribution in [0.3, 0.4) is 0 Å². The summed E-state index contributed by atoms with van der Waals surface area (Å²) in [4.78, 5) is 4.23. The third kappa shape index (κ3) is 2.85. The van der Waals surface area contributed by atoms with Crippen LogP contribution in [0.4, 0.5) is 10.1 Å². The van der Waals surface area contributed by atoms with Gasteiger partial charge >= 0.3 is 0 Å². The normalized spacial score (nSPS) is 10.4. The smallest absolute Gasteiger partial charge is 0.152 e. The van der Waals surface area contributed by atoms with Crippen LogP contribution in [-0.4, -0.2) is 4.98 Å². The van der Waals surface area contributed by atoms with Crippen molar-refractivity contribution in [2.24, 2.45) is 0 Å². The maximum absolute atomic E-state index is 12.8. The minimum atomic E-state index is -0.244. The SMILES string of the molecule is Fc1ccc(NCc2ccc(-c3ccccn3)o2)cc1. The monoisotopic (exact) mass is 268 g/mol. The van der Waals surface area contributed by atoms with Gasteiger partial charge in [0.2, 0.25) is 0 Å². The lowest BCUT2D eigenvalue weighted by Crippen LogP contribution is -1.97. The average molecular weight is 268 g/mol. The molecule has 4 heteroatoms. The van der Waals surface area contributed by atoms with Crippen molar-refractivity contribution in [3.05, 3.63) is 72.4 Å². The number of aromatic nitrogens is 1. The minimum absolute atomic E-state index is 0.244. The van der Waals surface area contributed by atoms with Gasteiger partial charge in [-0.05, 0) is 48.5 Å². The van der Waals surface area contributed by atoms with Gasteiger partial charge in [0.05, 0.1) is 6.54 Å². The van der Waals surface area contributed by atoms with Gasteiger partial charge in [0.25, 0.3) is 0 Å². The number of rotatable bonds is 4. The molecule has 0 unspecified atom stereocenters. The maximum Gasteiger partial charge on any atom is 0.152 e. The van der Waals surface area contributed by atoms with E-state index in [-0.39, 0.29) is 5.82 Å². The molecule has 0 amide bonds. The van der Waals surface area contributed by atoms with E-state index in [0.29, 0.717) is 6.54 Å². The molecule has 3 aromatic rings. The number of benzene rings is 1. The Morgan fingerprint density at radius 2 is 1.85 bits per heavy atom. The van der Waals surface area contributed by atoms with Gasteiger partial charge in [0.15, 0.2) is 5.76 Å². The molecule has 0 aliphatic heterocycles. The third-order valence-corrected chi connectivity index (χ3v) is 2.89. The van der Waals surface area contributed by atoms with Gasteiger partial charge < -0.3 is 9.73 Å². The Balaban J connectivity index is 1.67. The number of hydrogen-bond acceptors (Lipinski definition) is 3. The summed E-state index contributed by atoms with van der Waals surface area (Å²) >= 11 is 0. The highest BCUT2D eigenvalue weighted by molar-refractivity contribution is 5.52. The van der Waals surface area contributed by atoms with Gasteiger partial charge in [-0.1, -0.05) is 6.07 Å². The zero-order valence-corrected chi connectivity index (χ0v) is 10.7. The molecule has 0 aliphatic rings. The van der Waals surface area contributed by atoms with Crippen molar-refractivity contribution in [1.29, 1.82) is 0 Å². The van der Waals surface area contributed by atoms with Crippen molar-refractivity contribution in [2.45, 2.75) is 6.54 Å². The lowest BCUT2D eigenvalue weighted by molar-refractivity contribution is 0.529. The van der Waals surface area contributed by atoms with Crippen LogP contribution in [-0.2, 0) is 6.54 Å². The van der Waals surface area contributed by atoms with Crippen LogP contribution in [0.5, 0.6) is 0 Å². The summed E-state index contributed by atoms with van der Waals surface area (Å²) in [5, 5.41) is 3.17. The van der Waals surface area contributed by atoms with Gasteiger partial charge in [-0.15, -0.1) is 0 Å². The fourth-order valence-corrected chi connectivity index (χ4v) is 1.88. The first-order valence-electron chi connectivity index (χ1n) is 6.31. The van der Waals surface area contributed by atoms with Gasteiger partial charge in [-0.3, -0.25) is 4.98 Å². The van der Waals surface area contributed by atoms with Crippen molar-refractivity contribution in [3.63, 3.8) is 0 Å². The molecule has 0 fully saturated rings. The predicted molar refractivity (Wildman–Crippen MR) is 75.7 cm³/mol. The molecule has 2 heterocycles. The van der Waals surface area contributed by atoms with Gasteiger partial charge in [0, 0.05) is 11.9 Å². The number of nitrogens with one attached hydrogen (secondary N) is 1. The van der Waals surface area contributed by atoms with Crippen LogP contribution in [0.15, 0.2) is 65.2 Å². The minimum Gasteiger partial charge on any atom is -0.458 e. The number of furan rings is 1. The molecule has 3 rings (SSSR count). The maximum atomic E-state index is 12.8. The molecule has 2 aromatic heterocycles. The molecule has 0 bridgehead atoms. The molecule has 0 saturated heterocycles. The number of nitrogens with zero attached hydrogens (tertiary/aromatic N) is 1. The molecule has 3 nitrogen and oxygen atoms in total. The Bertz CT molecular complexity index is 677.